The lowest BCUT2D eigenvalue weighted by Crippen LogP contribution is -2.35. The zero-order valence-electron chi connectivity index (χ0n) is 12.0. The Labute approximate surface area is 123 Å². The molecular formula is C16H18N4O. The van der Waals surface area contributed by atoms with Crippen LogP contribution in [0.2, 0.25) is 0 Å². The lowest BCUT2D eigenvalue weighted by molar-refractivity contribution is 0.0928. The van der Waals surface area contributed by atoms with Gasteiger partial charge in [0.2, 0.25) is 0 Å². The van der Waals surface area contributed by atoms with Gasteiger partial charge in [-0.05, 0) is 44.7 Å². The van der Waals surface area contributed by atoms with Crippen molar-refractivity contribution in [2.24, 2.45) is 0 Å². The van der Waals surface area contributed by atoms with Crippen molar-refractivity contribution in [1.29, 1.82) is 0 Å². The summed E-state index contributed by atoms with van der Waals surface area (Å²) < 4.78 is 0. The number of H-pyrrole nitrogens is 1. The quantitative estimate of drug-likeness (QED) is 0.904. The monoisotopic (exact) mass is 282 g/mol. The van der Waals surface area contributed by atoms with E-state index in [2.05, 4.69) is 20.5 Å². The van der Waals surface area contributed by atoms with E-state index in [9.17, 15) is 4.79 Å². The third kappa shape index (κ3) is 2.33. The maximum Gasteiger partial charge on any atom is 0.252 e. The summed E-state index contributed by atoms with van der Waals surface area (Å²) in [6.07, 6.45) is 4.20. The first-order valence-corrected chi connectivity index (χ1v) is 7.48. The lowest BCUT2D eigenvalue weighted by Gasteiger charge is -2.14. The van der Waals surface area contributed by atoms with Gasteiger partial charge in [-0.15, -0.1) is 0 Å². The Kier molecular flexibility index (Phi) is 2.64. The first kappa shape index (κ1) is 12.6. The molecule has 0 atom stereocenters. The van der Waals surface area contributed by atoms with Crippen molar-refractivity contribution in [3.8, 4) is 0 Å². The van der Waals surface area contributed by atoms with Crippen molar-refractivity contribution in [3.63, 3.8) is 0 Å². The Morgan fingerprint density at radius 1 is 1.29 bits per heavy atom. The maximum absolute atomic E-state index is 12.4. The van der Waals surface area contributed by atoms with Crippen molar-refractivity contribution >= 4 is 5.91 Å². The first-order chi connectivity index (χ1) is 10.2. The first-order valence-electron chi connectivity index (χ1n) is 7.48. The number of nitrogens with one attached hydrogen (secondary N) is 2. The normalized spacial score (nSPS) is 19.3. The minimum absolute atomic E-state index is 0.0507. The Bertz CT molecular complexity index is 681. The van der Waals surface area contributed by atoms with E-state index in [0.717, 1.165) is 30.1 Å². The number of hydrogen-bond acceptors (Lipinski definition) is 3. The van der Waals surface area contributed by atoms with Gasteiger partial charge < -0.3 is 5.32 Å². The van der Waals surface area contributed by atoms with Crippen molar-refractivity contribution in [3.05, 3.63) is 47.0 Å². The van der Waals surface area contributed by atoms with Crippen LogP contribution in [-0.2, 0) is 5.54 Å². The zero-order chi connectivity index (χ0) is 14.4. The molecule has 2 fully saturated rings. The molecule has 0 radical (unpaired) electrons. The summed E-state index contributed by atoms with van der Waals surface area (Å²) in [6, 6.07) is 7.61. The van der Waals surface area contributed by atoms with Crippen LogP contribution in [0.5, 0.6) is 0 Å². The van der Waals surface area contributed by atoms with E-state index in [1.807, 2.05) is 31.2 Å². The number of benzene rings is 1. The number of aryl methyl sites for hydroxylation is 1. The number of carbonyl (C=O) groups excluding carboxylic acids is 1. The molecule has 0 spiro atoms. The number of rotatable bonds is 4. The van der Waals surface area contributed by atoms with E-state index in [4.69, 9.17) is 0 Å². The molecule has 4 rings (SSSR count). The summed E-state index contributed by atoms with van der Waals surface area (Å²) in [7, 11) is 0. The van der Waals surface area contributed by atoms with Crippen LogP contribution in [0.15, 0.2) is 24.3 Å². The van der Waals surface area contributed by atoms with Gasteiger partial charge in [0.25, 0.3) is 5.91 Å². The Balaban J connectivity index is 1.52. The summed E-state index contributed by atoms with van der Waals surface area (Å²) >= 11 is 0. The highest BCUT2D eigenvalue weighted by Gasteiger charge is 2.49. The van der Waals surface area contributed by atoms with Crippen LogP contribution >= 0.6 is 0 Å². The molecule has 0 saturated heterocycles. The van der Waals surface area contributed by atoms with E-state index in [0.29, 0.717) is 11.5 Å². The minimum atomic E-state index is -0.356. The molecular weight excluding hydrogens is 264 g/mol. The third-order valence-electron chi connectivity index (χ3n) is 4.31. The van der Waals surface area contributed by atoms with Gasteiger partial charge in [0.15, 0.2) is 5.82 Å². The zero-order valence-corrected chi connectivity index (χ0v) is 12.0. The van der Waals surface area contributed by atoms with Gasteiger partial charge in [-0.3, -0.25) is 9.89 Å². The lowest BCUT2D eigenvalue weighted by atomic mass is 10.1. The number of carbonyl (C=O) groups is 1. The topological polar surface area (TPSA) is 70.7 Å². The predicted octanol–water partition coefficient (Wildman–Crippen LogP) is 2.41. The van der Waals surface area contributed by atoms with Crippen LogP contribution in [0.1, 0.15) is 59.2 Å². The largest absolute Gasteiger partial charge is 0.339 e. The van der Waals surface area contributed by atoms with Crippen molar-refractivity contribution in [2.75, 3.05) is 0 Å². The highest BCUT2D eigenvalue weighted by Crippen LogP contribution is 2.45. The van der Waals surface area contributed by atoms with E-state index in [1.165, 1.54) is 12.8 Å². The summed E-state index contributed by atoms with van der Waals surface area (Å²) in [4.78, 5) is 16.9. The number of nitrogens with zero attached hydrogens (tertiary/aromatic N) is 2. The molecule has 1 heterocycles. The minimum Gasteiger partial charge on any atom is -0.339 e. The summed E-state index contributed by atoms with van der Waals surface area (Å²) in [5.74, 6) is 2.21. The predicted molar refractivity (Wildman–Crippen MR) is 77.9 cm³/mol. The molecule has 0 aliphatic heterocycles. The SMILES string of the molecule is Cc1ccc(C(=O)NC2(c3n[nH]c(C4CC4)n3)CC2)cc1. The van der Waals surface area contributed by atoms with E-state index >= 15 is 0 Å². The molecule has 0 unspecified atom stereocenters. The second-order valence-corrected chi connectivity index (χ2v) is 6.22. The van der Waals surface area contributed by atoms with Crippen LogP contribution in [0.25, 0.3) is 0 Å². The molecule has 108 valence electrons. The Morgan fingerprint density at radius 2 is 2.00 bits per heavy atom. The maximum atomic E-state index is 12.4. The van der Waals surface area contributed by atoms with Crippen LogP contribution in [-0.4, -0.2) is 21.1 Å². The van der Waals surface area contributed by atoms with Crippen molar-refractivity contribution in [1.82, 2.24) is 20.5 Å². The van der Waals surface area contributed by atoms with Gasteiger partial charge in [0.1, 0.15) is 11.4 Å². The van der Waals surface area contributed by atoms with Gasteiger partial charge >= 0.3 is 0 Å². The second-order valence-electron chi connectivity index (χ2n) is 6.22. The van der Waals surface area contributed by atoms with Gasteiger partial charge in [0.05, 0.1) is 0 Å². The fourth-order valence-corrected chi connectivity index (χ4v) is 2.55. The highest BCUT2D eigenvalue weighted by molar-refractivity contribution is 5.95. The molecule has 2 aliphatic carbocycles. The number of hydrogen-bond donors (Lipinski definition) is 2. The fourth-order valence-electron chi connectivity index (χ4n) is 2.55. The molecule has 5 nitrogen and oxygen atoms in total. The highest BCUT2D eigenvalue weighted by atomic mass is 16.1. The number of aromatic amines is 1. The van der Waals surface area contributed by atoms with Crippen molar-refractivity contribution in [2.45, 2.75) is 44.1 Å². The average molecular weight is 282 g/mol. The van der Waals surface area contributed by atoms with Gasteiger partial charge in [-0.2, -0.15) is 5.10 Å². The van der Waals surface area contributed by atoms with E-state index < -0.39 is 0 Å². The molecule has 21 heavy (non-hydrogen) atoms. The molecule has 1 aromatic heterocycles. The Hall–Kier alpha value is -2.17. The van der Waals surface area contributed by atoms with E-state index in [-0.39, 0.29) is 11.4 Å². The Morgan fingerprint density at radius 3 is 2.62 bits per heavy atom. The summed E-state index contributed by atoms with van der Waals surface area (Å²) in [6.45, 7) is 2.01. The van der Waals surface area contributed by atoms with Crippen LogP contribution in [0.3, 0.4) is 0 Å². The third-order valence-corrected chi connectivity index (χ3v) is 4.31. The summed E-state index contributed by atoms with van der Waals surface area (Å²) in [5, 5.41) is 10.5. The van der Waals surface area contributed by atoms with Crippen LogP contribution in [0, 0.1) is 6.92 Å². The smallest absolute Gasteiger partial charge is 0.252 e. The molecule has 2 saturated carbocycles. The number of amides is 1. The van der Waals surface area contributed by atoms with Crippen molar-refractivity contribution < 1.29 is 4.79 Å². The number of aromatic nitrogens is 3. The standard InChI is InChI=1S/C16H18N4O/c1-10-2-4-12(5-3-10)14(21)18-16(8-9-16)15-17-13(19-20-15)11-6-7-11/h2-5,11H,6-9H2,1H3,(H,18,21)(H,17,19,20). The van der Waals surface area contributed by atoms with Gasteiger partial charge in [-0.1, -0.05) is 17.7 Å². The molecule has 5 heteroatoms. The molecule has 2 N–H and O–H groups in total. The molecule has 2 aliphatic rings. The molecule has 0 bridgehead atoms. The fraction of sp³-hybridized carbons (Fsp3) is 0.438. The van der Waals surface area contributed by atoms with Crippen LogP contribution < -0.4 is 5.32 Å². The van der Waals surface area contributed by atoms with Gasteiger partial charge in [-0.25, -0.2) is 4.98 Å². The second kappa shape index (κ2) is 4.41. The molecule has 1 amide bonds. The van der Waals surface area contributed by atoms with Gasteiger partial charge in [0, 0.05) is 11.5 Å². The average Bonchev–Trinajstić information content (AvgIpc) is 3.41. The summed E-state index contributed by atoms with van der Waals surface area (Å²) in [5.41, 5.74) is 1.48. The van der Waals surface area contributed by atoms with Crippen LogP contribution in [0.4, 0.5) is 0 Å². The van der Waals surface area contributed by atoms with E-state index in [1.54, 1.807) is 0 Å². The molecule has 1 aromatic carbocycles. The molecule has 2 aromatic rings.